The van der Waals surface area contributed by atoms with Gasteiger partial charge in [-0.05, 0) is 5.56 Å². The molecule has 2 rings (SSSR count). The first kappa shape index (κ1) is 9.21. The highest BCUT2D eigenvalue weighted by Gasteiger charge is 2.32. The maximum atomic E-state index is 11.2. The van der Waals surface area contributed by atoms with Crippen molar-refractivity contribution >= 4 is 5.91 Å². The lowest BCUT2D eigenvalue weighted by Gasteiger charge is -2.15. The minimum Gasteiger partial charge on any atom is -0.369 e. The van der Waals surface area contributed by atoms with Crippen LogP contribution in [-0.2, 0) is 4.79 Å². The van der Waals surface area contributed by atoms with E-state index < -0.39 is 0 Å². The average molecular weight is 190 g/mol. The van der Waals surface area contributed by atoms with Crippen molar-refractivity contribution in [3.8, 4) is 0 Å². The molecule has 0 saturated carbocycles. The molecule has 14 heavy (non-hydrogen) atoms. The number of carbonyl (C=O) groups excluding carboxylic acids is 1. The Bertz CT molecular complexity index is 323. The molecule has 1 aromatic rings. The molecule has 3 nitrogen and oxygen atoms in total. The predicted octanol–water partition coefficient (Wildman–Crippen LogP) is 0.475. The van der Waals surface area contributed by atoms with Gasteiger partial charge in [0.05, 0.1) is 5.92 Å². The topological polar surface area (TPSA) is 55.1 Å². The summed E-state index contributed by atoms with van der Waals surface area (Å²) in [5.41, 5.74) is 6.54. The van der Waals surface area contributed by atoms with Gasteiger partial charge in [0.15, 0.2) is 0 Å². The highest BCUT2D eigenvalue weighted by molar-refractivity contribution is 5.78. The Labute approximate surface area is 83.3 Å². The van der Waals surface area contributed by atoms with E-state index in [1.807, 2.05) is 30.3 Å². The zero-order valence-corrected chi connectivity index (χ0v) is 7.94. The fourth-order valence-electron chi connectivity index (χ4n) is 2.03. The molecule has 74 valence electrons. The second-order valence-corrected chi connectivity index (χ2v) is 3.68. The number of hydrogen-bond donors (Lipinski definition) is 2. The third kappa shape index (κ3) is 1.63. The first-order valence-electron chi connectivity index (χ1n) is 4.84. The zero-order chi connectivity index (χ0) is 9.97. The van der Waals surface area contributed by atoms with Crippen molar-refractivity contribution in [3.05, 3.63) is 35.9 Å². The number of hydrogen-bond acceptors (Lipinski definition) is 2. The maximum absolute atomic E-state index is 11.2. The number of nitrogens with one attached hydrogen (secondary N) is 1. The Morgan fingerprint density at radius 2 is 2.00 bits per heavy atom. The summed E-state index contributed by atoms with van der Waals surface area (Å²) >= 11 is 0. The van der Waals surface area contributed by atoms with E-state index in [9.17, 15) is 4.79 Å². The molecule has 1 amide bonds. The van der Waals surface area contributed by atoms with Gasteiger partial charge >= 0.3 is 0 Å². The predicted molar refractivity (Wildman–Crippen MR) is 54.7 cm³/mol. The van der Waals surface area contributed by atoms with Crippen LogP contribution in [0.15, 0.2) is 30.3 Å². The van der Waals surface area contributed by atoms with Crippen molar-refractivity contribution in [2.45, 2.75) is 5.92 Å². The molecule has 2 atom stereocenters. The molecule has 0 unspecified atom stereocenters. The van der Waals surface area contributed by atoms with Crippen molar-refractivity contribution < 1.29 is 4.79 Å². The van der Waals surface area contributed by atoms with Crippen molar-refractivity contribution in [1.82, 2.24) is 5.32 Å². The van der Waals surface area contributed by atoms with Gasteiger partial charge < -0.3 is 11.1 Å². The van der Waals surface area contributed by atoms with Crippen LogP contribution in [0, 0.1) is 5.92 Å². The largest absolute Gasteiger partial charge is 0.369 e. The lowest BCUT2D eigenvalue weighted by Crippen LogP contribution is -2.28. The van der Waals surface area contributed by atoms with Gasteiger partial charge in [-0.1, -0.05) is 30.3 Å². The molecule has 0 aromatic heterocycles. The second-order valence-electron chi connectivity index (χ2n) is 3.68. The first-order chi connectivity index (χ1) is 6.79. The van der Waals surface area contributed by atoms with E-state index in [1.54, 1.807) is 0 Å². The van der Waals surface area contributed by atoms with Gasteiger partial charge in [-0.2, -0.15) is 0 Å². The summed E-state index contributed by atoms with van der Waals surface area (Å²) < 4.78 is 0. The monoisotopic (exact) mass is 190 g/mol. The maximum Gasteiger partial charge on any atom is 0.222 e. The van der Waals surface area contributed by atoms with Crippen molar-refractivity contribution in [2.24, 2.45) is 11.7 Å². The molecule has 1 aromatic carbocycles. The molecule has 1 heterocycles. The first-order valence-corrected chi connectivity index (χ1v) is 4.84. The molecular weight excluding hydrogens is 176 g/mol. The average Bonchev–Trinajstić information content (AvgIpc) is 2.67. The van der Waals surface area contributed by atoms with Crippen LogP contribution in [0.25, 0.3) is 0 Å². The van der Waals surface area contributed by atoms with Gasteiger partial charge in [-0.15, -0.1) is 0 Å². The fourth-order valence-corrected chi connectivity index (χ4v) is 2.03. The Hall–Kier alpha value is -1.35. The number of carbonyl (C=O) groups is 1. The van der Waals surface area contributed by atoms with Crippen LogP contribution >= 0.6 is 0 Å². The van der Waals surface area contributed by atoms with Crippen LogP contribution in [0.3, 0.4) is 0 Å². The Kier molecular flexibility index (Phi) is 2.50. The summed E-state index contributed by atoms with van der Waals surface area (Å²) in [6.07, 6.45) is 0. The molecular formula is C11H14N2O. The van der Waals surface area contributed by atoms with E-state index in [0.717, 1.165) is 6.54 Å². The number of primary amides is 1. The standard InChI is InChI=1S/C11H14N2O/c12-11(14)10-7-13-6-9(10)8-4-2-1-3-5-8/h1-5,9-10,13H,6-7H2,(H2,12,14)/t9-,10+/m1/s1. The Morgan fingerprint density at radius 1 is 1.29 bits per heavy atom. The zero-order valence-electron chi connectivity index (χ0n) is 7.94. The van der Waals surface area contributed by atoms with Crippen LogP contribution in [0.5, 0.6) is 0 Å². The molecule has 3 N–H and O–H groups in total. The van der Waals surface area contributed by atoms with Crippen LogP contribution < -0.4 is 11.1 Å². The molecule has 3 heteroatoms. The quantitative estimate of drug-likeness (QED) is 0.712. The van der Waals surface area contributed by atoms with Gasteiger partial charge in [0, 0.05) is 19.0 Å². The van der Waals surface area contributed by atoms with Gasteiger partial charge in [-0.25, -0.2) is 0 Å². The third-order valence-electron chi connectivity index (χ3n) is 2.81. The minimum absolute atomic E-state index is 0.0580. The molecule has 1 aliphatic rings. The lowest BCUT2D eigenvalue weighted by molar-refractivity contribution is -0.121. The molecule has 0 bridgehead atoms. The molecule has 1 fully saturated rings. The van der Waals surface area contributed by atoms with Crippen LogP contribution in [-0.4, -0.2) is 19.0 Å². The summed E-state index contributed by atoms with van der Waals surface area (Å²) in [6.45, 7) is 1.55. The molecule has 0 radical (unpaired) electrons. The van der Waals surface area contributed by atoms with E-state index in [-0.39, 0.29) is 17.7 Å². The van der Waals surface area contributed by atoms with E-state index in [1.165, 1.54) is 5.56 Å². The summed E-state index contributed by atoms with van der Waals surface area (Å²) in [5, 5.41) is 3.20. The molecule has 1 saturated heterocycles. The van der Waals surface area contributed by atoms with Crippen molar-refractivity contribution in [1.29, 1.82) is 0 Å². The fraction of sp³-hybridized carbons (Fsp3) is 0.364. The van der Waals surface area contributed by atoms with Crippen LogP contribution in [0.2, 0.25) is 0 Å². The normalized spacial score (nSPS) is 26.3. The molecule has 1 aliphatic heterocycles. The van der Waals surface area contributed by atoms with Gasteiger partial charge in [0.1, 0.15) is 0 Å². The SMILES string of the molecule is NC(=O)[C@H]1CNC[C@@H]1c1ccccc1. The third-order valence-corrected chi connectivity index (χ3v) is 2.81. The van der Waals surface area contributed by atoms with Gasteiger partial charge in [0.2, 0.25) is 5.91 Å². The highest BCUT2D eigenvalue weighted by atomic mass is 16.1. The smallest absolute Gasteiger partial charge is 0.222 e. The number of rotatable bonds is 2. The molecule has 0 spiro atoms. The summed E-state index contributed by atoms with van der Waals surface area (Å²) in [6, 6.07) is 10.1. The number of nitrogens with two attached hydrogens (primary N) is 1. The molecule has 0 aliphatic carbocycles. The summed E-state index contributed by atoms with van der Waals surface area (Å²) in [5.74, 6) is -0.0186. The van der Waals surface area contributed by atoms with Crippen LogP contribution in [0.1, 0.15) is 11.5 Å². The number of benzene rings is 1. The van der Waals surface area contributed by atoms with E-state index >= 15 is 0 Å². The van der Waals surface area contributed by atoms with E-state index in [4.69, 9.17) is 5.73 Å². The van der Waals surface area contributed by atoms with Gasteiger partial charge in [-0.3, -0.25) is 4.79 Å². The number of amides is 1. The van der Waals surface area contributed by atoms with Gasteiger partial charge in [0.25, 0.3) is 0 Å². The minimum atomic E-state index is -0.205. The Balaban J connectivity index is 2.22. The Morgan fingerprint density at radius 3 is 2.64 bits per heavy atom. The van der Waals surface area contributed by atoms with Crippen LogP contribution in [0.4, 0.5) is 0 Å². The lowest BCUT2D eigenvalue weighted by atomic mass is 9.89. The van der Waals surface area contributed by atoms with E-state index in [2.05, 4.69) is 5.32 Å². The van der Waals surface area contributed by atoms with Crippen molar-refractivity contribution in [2.75, 3.05) is 13.1 Å². The van der Waals surface area contributed by atoms with Crippen molar-refractivity contribution in [3.63, 3.8) is 0 Å². The summed E-state index contributed by atoms with van der Waals surface area (Å²) in [4.78, 5) is 11.2. The highest BCUT2D eigenvalue weighted by Crippen LogP contribution is 2.27. The van der Waals surface area contributed by atoms with E-state index in [0.29, 0.717) is 6.54 Å². The summed E-state index contributed by atoms with van der Waals surface area (Å²) in [7, 11) is 0. The second kappa shape index (κ2) is 3.80.